The summed E-state index contributed by atoms with van der Waals surface area (Å²) >= 11 is 0. The number of urea groups is 1. The van der Waals surface area contributed by atoms with Gasteiger partial charge < -0.3 is 29.6 Å². The van der Waals surface area contributed by atoms with Crippen LogP contribution < -0.4 is 20.1 Å². The monoisotopic (exact) mass is 492 g/mol. The fraction of sp³-hybridized carbons (Fsp3) is 0.409. The van der Waals surface area contributed by atoms with Gasteiger partial charge in [-0.3, -0.25) is 4.79 Å². The van der Waals surface area contributed by atoms with Crippen molar-refractivity contribution in [2.45, 2.75) is 25.2 Å². The van der Waals surface area contributed by atoms with Gasteiger partial charge in [0.05, 0.1) is 19.0 Å². The van der Waals surface area contributed by atoms with Gasteiger partial charge in [0.15, 0.2) is 0 Å². The molecule has 1 aromatic carbocycles. The molecule has 0 unspecified atom stereocenters. The number of aromatic nitrogens is 3. The van der Waals surface area contributed by atoms with Crippen LogP contribution in [-0.4, -0.2) is 63.6 Å². The Morgan fingerprint density at radius 3 is 2.63 bits per heavy atom. The molecular weight excluding hydrogens is 469 g/mol. The Morgan fingerprint density at radius 1 is 1.20 bits per heavy atom. The van der Waals surface area contributed by atoms with E-state index in [4.69, 9.17) is 4.74 Å². The van der Waals surface area contributed by atoms with Crippen molar-refractivity contribution < 1.29 is 32.2 Å². The summed E-state index contributed by atoms with van der Waals surface area (Å²) in [6.45, 7) is 1.19. The second kappa shape index (κ2) is 8.10. The summed E-state index contributed by atoms with van der Waals surface area (Å²) in [7, 11) is 3.20. The molecule has 3 amide bonds. The van der Waals surface area contributed by atoms with Crippen LogP contribution in [-0.2, 0) is 7.05 Å². The van der Waals surface area contributed by atoms with Gasteiger partial charge in [-0.25, -0.2) is 9.31 Å². The van der Waals surface area contributed by atoms with Gasteiger partial charge in [-0.1, -0.05) is 0 Å². The van der Waals surface area contributed by atoms with Crippen molar-refractivity contribution in [2.24, 2.45) is 12.5 Å². The lowest BCUT2D eigenvalue weighted by atomic mass is 9.60. The summed E-state index contributed by atoms with van der Waals surface area (Å²) in [6, 6.07) is 2.75. The van der Waals surface area contributed by atoms with Gasteiger partial charge in [-0.05, 0) is 25.0 Å². The molecule has 3 heterocycles. The number of aryl methyl sites for hydroxylation is 1. The summed E-state index contributed by atoms with van der Waals surface area (Å²) in [5, 5.41) is 9.54. The van der Waals surface area contributed by atoms with E-state index < -0.39 is 18.1 Å². The topological polar surface area (TPSA) is 102 Å². The van der Waals surface area contributed by atoms with Gasteiger partial charge in [-0.2, -0.15) is 5.10 Å². The molecule has 5 rings (SSSR count). The maximum absolute atomic E-state index is 12.9. The molecule has 186 valence electrons. The Balaban J connectivity index is 1.13. The van der Waals surface area contributed by atoms with Gasteiger partial charge in [-0.15, -0.1) is 13.2 Å². The van der Waals surface area contributed by atoms with Crippen LogP contribution in [0.15, 0.2) is 36.8 Å². The smallest absolute Gasteiger partial charge is 0.495 e. The maximum atomic E-state index is 12.9. The molecule has 0 atom stereocenters. The van der Waals surface area contributed by atoms with E-state index in [1.807, 2.05) is 17.8 Å². The Labute approximate surface area is 197 Å². The van der Waals surface area contributed by atoms with Crippen molar-refractivity contribution in [3.8, 4) is 11.5 Å². The molecule has 2 N–H and O–H groups in total. The van der Waals surface area contributed by atoms with Crippen molar-refractivity contribution in [3.05, 3.63) is 42.4 Å². The van der Waals surface area contributed by atoms with Crippen LogP contribution in [0.5, 0.6) is 11.5 Å². The van der Waals surface area contributed by atoms with Gasteiger partial charge in [0, 0.05) is 50.1 Å². The number of hydrogen-bond acceptors (Lipinski definition) is 5. The number of nitrogens with zero attached hydrogens (tertiary/aromatic N) is 4. The minimum atomic E-state index is -4.85. The Morgan fingerprint density at radius 2 is 1.94 bits per heavy atom. The first-order chi connectivity index (χ1) is 16.6. The number of imidazole rings is 1. The second-order valence-electron chi connectivity index (χ2n) is 9.01. The first-order valence-corrected chi connectivity index (χ1v) is 10.9. The molecule has 2 fully saturated rings. The van der Waals surface area contributed by atoms with Crippen LogP contribution in [0.25, 0.3) is 5.65 Å². The Kier molecular flexibility index (Phi) is 5.29. The van der Waals surface area contributed by atoms with Crippen molar-refractivity contribution in [1.29, 1.82) is 0 Å². The average molecular weight is 492 g/mol. The zero-order chi connectivity index (χ0) is 25.0. The molecule has 35 heavy (non-hydrogen) atoms. The van der Waals surface area contributed by atoms with E-state index in [-0.39, 0.29) is 28.8 Å². The second-order valence-corrected chi connectivity index (χ2v) is 9.01. The summed E-state index contributed by atoms with van der Waals surface area (Å²) in [5.74, 6) is -0.350. The average Bonchev–Trinajstić information content (AvgIpc) is 3.30. The van der Waals surface area contributed by atoms with Crippen LogP contribution in [0.1, 0.15) is 23.2 Å². The van der Waals surface area contributed by atoms with Crippen molar-refractivity contribution in [3.63, 3.8) is 0 Å². The summed E-state index contributed by atoms with van der Waals surface area (Å²) in [6.07, 6.45) is 1.74. The number of rotatable bonds is 5. The molecule has 13 heteroatoms. The number of nitrogens with one attached hydrogen (secondary N) is 2. The molecule has 1 aliphatic carbocycles. The van der Waals surface area contributed by atoms with Crippen molar-refractivity contribution >= 4 is 23.3 Å². The lowest BCUT2D eigenvalue weighted by Crippen LogP contribution is -2.67. The number of carbonyl (C=O) groups is 2. The number of alkyl halides is 3. The number of benzene rings is 1. The number of amides is 3. The molecule has 0 radical (unpaired) electrons. The van der Waals surface area contributed by atoms with E-state index in [0.717, 1.165) is 17.8 Å². The summed E-state index contributed by atoms with van der Waals surface area (Å²) in [4.78, 5) is 27.1. The third kappa shape index (κ3) is 4.33. The molecule has 10 nitrogen and oxygen atoms in total. The first-order valence-electron chi connectivity index (χ1n) is 10.9. The number of fused-ring (bicyclic) bond motifs is 1. The zero-order valence-corrected chi connectivity index (χ0v) is 18.9. The predicted octanol–water partition coefficient (Wildman–Crippen LogP) is 3.01. The van der Waals surface area contributed by atoms with Gasteiger partial charge >= 0.3 is 12.4 Å². The first kappa shape index (κ1) is 22.9. The quantitative estimate of drug-likeness (QED) is 0.570. The van der Waals surface area contributed by atoms with Crippen LogP contribution >= 0.6 is 0 Å². The molecule has 1 saturated heterocycles. The number of ether oxygens (including phenoxy) is 2. The summed E-state index contributed by atoms with van der Waals surface area (Å²) < 4.78 is 50.0. The largest absolute Gasteiger partial charge is 0.573 e. The molecule has 1 saturated carbocycles. The van der Waals surface area contributed by atoms with Crippen LogP contribution in [0, 0.1) is 5.41 Å². The van der Waals surface area contributed by atoms with E-state index in [0.29, 0.717) is 31.5 Å². The molecule has 2 aromatic heterocycles. The normalized spacial score (nSPS) is 17.1. The minimum absolute atomic E-state index is 0.0355. The van der Waals surface area contributed by atoms with Crippen LogP contribution in [0.4, 0.5) is 23.7 Å². The fourth-order valence-electron chi connectivity index (χ4n) is 4.95. The lowest BCUT2D eigenvalue weighted by Gasteiger charge is -2.58. The van der Waals surface area contributed by atoms with E-state index in [2.05, 4.69) is 20.5 Å². The molecule has 1 aliphatic heterocycles. The molecular formula is C22H23F3N6O4. The van der Waals surface area contributed by atoms with E-state index >= 15 is 0 Å². The Bertz CT molecular complexity index is 1290. The van der Waals surface area contributed by atoms with Gasteiger partial charge in [0.2, 0.25) is 0 Å². The standard InChI is InChI=1S/C22H23F3N6O4/c1-29-5-6-31-18(29)15(10-26-31)19(32)30-11-21(12-30)8-13(9-21)27-20(33)28-16-7-14(35-22(23,24)25)3-4-17(16)34-2/h3-7,10,13H,8-9,11-12H2,1-2H3,(H2,27,28,33). The zero-order valence-electron chi connectivity index (χ0n) is 18.9. The number of hydrogen-bond donors (Lipinski definition) is 2. The highest BCUT2D eigenvalue weighted by Gasteiger charge is 2.54. The lowest BCUT2D eigenvalue weighted by molar-refractivity contribution is -0.274. The van der Waals surface area contributed by atoms with Crippen LogP contribution in [0.2, 0.25) is 0 Å². The van der Waals surface area contributed by atoms with Crippen LogP contribution in [0.3, 0.4) is 0 Å². The van der Waals surface area contributed by atoms with E-state index in [1.165, 1.54) is 13.2 Å². The highest BCUT2D eigenvalue weighted by molar-refractivity contribution is 6.00. The third-order valence-corrected chi connectivity index (χ3v) is 6.45. The summed E-state index contributed by atoms with van der Waals surface area (Å²) in [5.41, 5.74) is 1.30. The minimum Gasteiger partial charge on any atom is -0.495 e. The fourth-order valence-corrected chi connectivity index (χ4v) is 4.95. The number of carbonyl (C=O) groups excluding carboxylic acids is 2. The SMILES string of the molecule is COc1ccc(OC(F)(F)F)cc1NC(=O)NC1CC2(C1)CN(C(=O)c1cnn3ccn(C)c13)C2. The Hall–Kier alpha value is -3.90. The van der Waals surface area contributed by atoms with E-state index in [9.17, 15) is 22.8 Å². The molecule has 0 bridgehead atoms. The highest BCUT2D eigenvalue weighted by atomic mass is 19.4. The third-order valence-electron chi connectivity index (χ3n) is 6.45. The van der Waals surface area contributed by atoms with E-state index in [1.54, 1.807) is 21.8 Å². The van der Waals surface area contributed by atoms with Gasteiger partial charge in [0.25, 0.3) is 5.91 Å². The molecule has 1 spiro atoms. The number of halogens is 3. The number of anilines is 1. The van der Waals surface area contributed by atoms with Crippen molar-refractivity contribution in [1.82, 2.24) is 24.4 Å². The van der Waals surface area contributed by atoms with Crippen molar-refractivity contribution in [2.75, 3.05) is 25.5 Å². The maximum Gasteiger partial charge on any atom is 0.573 e. The predicted molar refractivity (Wildman–Crippen MR) is 117 cm³/mol. The number of methoxy groups -OCH3 is 1. The van der Waals surface area contributed by atoms with Gasteiger partial charge in [0.1, 0.15) is 22.7 Å². The molecule has 3 aromatic rings. The number of likely N-dealkylation sites (tertiary alicyclic amines) is 1. The molecule has 2 aliphatic rings. The highest BCUT2D eigenvalue weighted by Crippen LogP contribution is 2.48.